The molecule has 2 aliphatic carbocycles. The number of fused-ring (bicyclic) bond motifs is 2. The minimum atomic E-state index is -0.354. The molecule has 3 amide bonds. The number of carbonyl (C=O) groups is 4. The van der Waals surface area contributed by atoms with Gasteiger partial charge in [0.2, 0.25) is 18.7 Å². The predicted molar refractivity (Wildman–Crippen MR) is 87.4 cm³/mol. The lowest BCUT2D eigenvalue weighted by Gasteiger charge is -2.31. The van der Waals surface area contributed by atoms with Gasteiger partial charge in [-0.05, 0) is 24.7 Å². The summed E-state index contributed by atoms with van der Waals surface area (Å²) in [5.74, 6) is -0.665. The zero-order valence-corrected chi connectivity index (χ0v) is 14.1. The van der Waals surface area contributed by atoms with Crippen LogP contribution in [-0.4, -0.2) is 49.7 Å². The van der Waals surface area contributed by atoms with Crippen LogP contribution in [0.5, 0.6) is 0 Å². The zero-order chi connectivity index (χ0) is 17.7. The highest BCUT2D eigenvalue weighted by Gasteiger charge is 2.52. The van der Waals surface area contributed by atoms with Crippen LogP contribution in [0.3, 0.4) is 0 Å². The number of hydrogen-bond acceptors (Lipinski definition) is 4. The van der Waals surface area contributed by atoms with Gasteiger partial charge in [-0.15, -0.1) is 0 Å². The standard InChI is InChI=1S/C17H25N3O4/c1-11(5-6-18-9-21)16(23)14-12-3-4-13(7-12)15(14)17(24)20(2)8-19-10-22/h3-4,9-15H,5-8H2,1-2H3,(H,18,21)(H,19,22). The van der Waals surface area contributed by atoms with Crippen molar-refractivity contribution in [1.82, 2.24) is 15.5 Å². The van der Waals surface area contributed by atoms with E-state index in [1.165, 1.54) is 4.90 Å². The first-order valence-electron chi connectivity index (χ1n) is 8.32. The van der Waals surface area contributed by atoms with Gasteiger partial charge in [-0.25, -0.2) is 0 Å². The molecule has 5 atom stereocenters. The lowest BCUT2D eigenvalue weighted by molar-refractivity contribution is -0.142. The fourth-order valence-corrected chi connectivity index (χ4v) is 3.88. The number of allylic oxidation sites excluding steroid dienone is 2. The van der Waals surface area contributed by atoms with Gasteiger partial charge in [0.1, 0.15) is 5.78 Å². The van der Waals surface area contributed by atoms with Crippen LogP contribution in [0.4, 0.5) is 0 Å². The molecular weight excluding hydrogens is 310 g/mol. The van der Waals surface area contributed by atoms with Gasteiger partial charge in [-0.2, -0.15) is 0 Å². The van der Waals surface area contributed by atoms with Gasteiger partial charge in [-0.1, -0.05) is 19.1 Å². The van der Waals surface area contributed by atoms with E-state index in [1.807, 2.05) is 13.0 Å². The van der Waals surface area contributed by atoms with E-state index in [4.69, 9.17) is 0 Å². The number of rotatable bonds is 10. The van der Waals surface area contributed by atoms with Gasteiger partial charge in [0.25, 0.3) is 0 Å². The quantitative estimate of drug-likeness (QED) is 0.253. The molecule has 0 aromatic rings. The molecule has 0 radical (unpaired) electrons. The number of hydrogen-bond donors (Lipinski definition) is 2. The van der Waals surface area contributed by atoms with E-state index in [1.54, 1.807) is 7.05 Å². The summed E-state index contributed by atoms with van der Waals surface area (Å²) in [5.41, 5.74) is 0. The Kier molecular flexibility index (Phi) is 6.11. The number of Topliss-reactive ketones (excluding diaryl/α,β-unsaturated/α-hetero) is 1. The smallest absolute Gasteiger partial charge is 0.228 e. The molecule has 7 nitrogen and oxygen atoms in total. The van der Waals surface area contributed by atoms with E-state index < -0.39 is 0 Å². The molecular formula is C17H25N3O4. The Hall–Kier alpha value is -2.18. The molecule has 2 bridgehead atoms. The van der Waals surface area contributed by atoms with Crippen LogP contribution in [0, 0.1) is 29.6 Å². The molecule has 2 aliphatic rings. The van der Waals surface area contributed by atoms with E-state index in [0.29, 0.717) is 25.8 Å². The first kappa shape index (κ1) is 18.2. The topological polar surface area (TPSA) is 95.6 Å². The van der Waals surface area contributed by atoms with Crippen LogP contribution in [0.1, 0.15) is 19.8 Å². The summed E-state index contributed by atoms with van der Waals surface area (Å²) in [7, 11) is 1.63. The molecule has 2 N–H and O–H groups in total. The SMILES string of the molecule is CC(CCNC=O)C(=O)C1C2C=CC(C2)C1C(=O)N(C)CNC=O. The third-order valence-electron chi connectivity index (χ3n) is 5.15. The molecule has 24 heavy (non-hydrogen) atoms. The summed E-state index contributed by atoms with van der Waals surface area (Å²) < 4.78 is 0. The molecule has 0 aromatic carbocycles. The van der Waals surface area contributed by atoms with Crippen molar-refractivity contribution in [2.45, 2.75) is 19.8 Å². The second kappa shape index (κ2) is 8.08. The second-order valence-corrected chi connectivity index (χ2v) is 6.68. The molecule has 0 spiro atoms. The predicted octanol–water partition coefficient (Wildman–Crippen LogP) is -0.0721. The Morgan fingerprint density at radius 1 is 1.17 bits per heavy atom. The third-order valence-corrected chi connectivity index (χ3v) is 5.15. The van der Waals surface area contributed by atoms with Crippen LogP contribution in [0.2, 0.25) is 0 Å². The number of ketones is 1. The summed E-state index contributed by atoms with van der Waals surface area (Å²) in [4.78, 5) is 47.9. The van der Waals surface area contributed by atoms with Crippen molar-refractivity contribution >= 4 is 24.5 Å². The van der Waals surface area contributed by atoms with E-state index >= 15 is 0 Å². The van der Waals surface area contributed by atoms with Gasteiger partial charge in [0.15, 0.2) is 0 Å². The minimum Gasteiger partial charge on any atom is -0.359 e. The summed E-state index contributed by atoms with van der Waals surface area (Å²) >= 11 is 0. The van der Waals surface area contributed by atoms with E-state index in [9.17, 15) is 19.2 Å². The normalized spacial score (nSPS) is 28.2. The number of nitrogens with zero attached hydrogens (tertiary/aromatic N) is 1. The van der Waals surface area contributed by atoms with Crippen molar-refractivity contribution in [3.05, 3.63) is 12.2 Å². The molecule has 0 aromatic heterocycles. The first-order valence-corrected chi connectivity index (χ1v) is 8.32. The Morgan fingerprint density at radius 2 is 1.79 bits per heavy atom. The zero-order valence-electron chi connectivity index (χ0n) is 14.1. The maximum atomic E-state index is 12.9. The van der Waals surface area contributed by atoms with Gasteiger partial charge < -0.3 is 15.5 Å². The van der Waals surface area contributed by atoms with Gasteiger partial charge in [0.05, 0.1) is 12.6 Å². The van der Waals surface area contributed by atoms with Crippen LogP contribution in [0.25, 0.3) is 0 Å². The van der Waals surface area contributed by atoms with Crippen molar-refractivity contribution in [3.8, 4) is 0 Å². The van der Waals surface area contributed by atoms with Gasteiger partial charge in [-0.3, -0.25) is 19.2 Å². The molecule has 2 rings (SSSR count). The van der Waals surface area contributed by atoms with Crippen LogP contribution >= 0.6 is 0 Å². The first-order chi connectivity index (χ1) is 11.5. The van der Waals surface area contributed by atoms with Gasteiger partial charge >= 0.3 is 0 Å². The minimum absolute atomic E-state index is 0.0923. The Morgan fingerprint density at radius 3 is 2.42 bits per heavy atom. The highest BCUT2D eigenvalue weighted by atomic mass is 16.2. The summed E-state index contributed by atoms with van der Waals surface area (Å²) in [6.45, 7) is 2.44. The van der Waals surface area contributed by atoms with Crippen molar-refractivity contribution in [1.29, 1.82) is 0 Å². The van der Waals surface area contributed by atoms with E-state index in [-0.39, 0.29) is 47.9 Å². The van der Waals surface area contributed by atoms with E-state index in [0.717, 1.165) is 6.42 Å². The molecule has 0 heterocycles. The van der Waals surface area contributed by atoms with Crippen molar-refractivity contribution in [2.75, 3.05) is 20.3 Å². The lowest BCUT2D eigenvalue weighted by atomic mass is 9.76. The number of carbonyl (C=O) groups excluding carboxylic acids is 4. The van der Waals surface area contributed by atoms with Crippen molar-refractivity contribution in [3.63, 3.8) is 0 Å². The molecule has 0 aliphatic heterocycles. The number of nitrogens with one attached hydrogen (secondary N) is 2. The van der Waals surface area contributed by atoms with Crippen LogP contribution < -0.4 is 10.6 Å². The summed E-state index contributed by atoms with van der Waals surface area (Å²) in [6.07, 6.45) is 6.67. The highest BCUT2D eigenvalue weighted by Crippen LogP contribution is 2.49. The fraction of sp³-hybridized carbons (Fsp3) is 0.647. The highest BCUT2D eigenvalue weighted by molar-refractivity contribution is 5.91. The molecule has 1 saturated carbocycles. The van der Waals surface area contributed by atoms with Crippen molar-refractivity contribution < 1.29 is 19.2 Å². The Bertz CT molecular complexity index is 534. The van der Waals surface area contributed by atoms with Crippen LogP contribution in [0.15, 0.2) is 12.2 Å². The average molecular weight is 335 g/mol. The molecule has 0 saturated heterocycles. The Balaban J connectivity index is 2.07. The second-order valence-electron chi connectivity index (χ2n) is 6.68. The molecule has 5 unspecified atom stereocenters. The number of amides is 3. The third kappa shape index (κ3) is 3.66. The summed E-state index contributed by atoms with van der Waals surface area (Å²) in [6, 6.07) is 0. The molecule has 7 heteroatoms. The lowest BCUT2D eigenvalue weighted by Crippen LogP contribution is -2.45. The monoisotopic (exact) mass is 335 g/mol. The largest absolute Gasteiger partial charge is 0.359 e. The average Bonchev–Trinajstić information content (AvgIpc) is 3.19. The maximum Gasteiger partial charge on any atom is 0.228 e. The molecule has 1 fully saturated rings. The fourth-order valence-electron chi connectivity index (χ4n) is 3.88. The van der Waals surface area contributed by atoms with Crippen LogP contribution in [-0.2, 0) is 19.2 Å². The summed E-state index contributed by atoms with van der Waals surface area (Å²) in [5, 5.41) is 5.05. The maximum absolute atomic E-state index is 12.9. The molecule has 132 valence electrons. The van der Waals surface area contributed by atoms with E-state index in [2.05, 4.69) is 16.7 Å². The van der Waals surface area contributed by atoms with Crippen molar-refractivity contribution in [2.24, 2.45) is 29.6 Å². The van der Waals surface area contributed by atoms with Gasteiger partial charge in [0, 0.05) is 25.4 Å². The Labute approximate surface area is 141 Å².